The van der Waals surface area contributed by atoms with Crippen molar-refractivity contribution in [2.45, 2.75) is 25.6 Å². The lowest BCUT2D eigenvalue weighted by atomic mass is 9.71. The molecule has 32 heavy (non-hydrogen) atoms. The molecule has 2 N–H and O–H groups in total. The molecule has 2 aliphatic rings. The maximum absolute atomic E-state index is 13.3. The molecule has 0 aliphatic carbocycles. The molecular weight excluding hydrogens is 419 g/mol. The molecule has 0 amide bonds. The van der Waals surface area contributed by atoms with E-state index >= 15 is 0 Å². The van der Waals surface area contributed by atoms with Gasteiger partial charge in [0.25, 0.3) is 0 Å². The van der Waals surface area contributed by atoms with E-state index in [2.05, 4.69) is 4.90 Å². The summed E-state index contributed by atoms with van der Waals surface area (Å²) in [6, 6.07) is 12.7. The summed E-state index contributed by atoms with van der Waals surface area (Å²) in [6.45, 7) is 3.51. The molecule has 1 spiro atoms. The van der Waals surface area contributed by atoms with Crippen molar-refractivity contribution in [2.75, 3.05) is 37.7 Å². The molecule has 2 aromatic rings. The number of aromatic hydroxyl groups is 1. The summed E-state index contributed by atoms with van der Waals surface area (Å²) in [5.41, 5.74) is 0.133. The van der Waals surface area contributed by atoms with Crippen LogP contribution in [-0.4, -0.2) is 47.9 Å². The fraction of sp³-hybridized carbons (Fsp3) is 0.458. The van der Waals surface area contributed by atoms with E-state index in [-0.39, 0.29) is 29.3 Å². The van der Waals surface area contributed by atoms with Gasteiger partial charge in [0, 0.05) is 50.9 Å². The number of hydrogen-bond acceptors (Lipinski definition) is 5. The Morgan fingerprint density at radius 2 is 1.88 bits per heavy atom. The van der Waals surface area contributed by atoms with Gasteiger partial charge in [0.15, 0.2) is 0 Å². The fourth-order valence-corrected chi connectivity index (χ4v) is 5.27. The highest BCUT2D eigenvalue weighted by Gasteiger charge is 2.47. The van der Waals surface area contributed by atoms with Crippen LogP contribution in [0.3, 0.4) is 0 Å². The van der Waals surface area contributed by atoms with Crippen molar-refractivity contribution in [1.82, 2.24) is 4.90 Å². The van der Waals surface area contributed by atoms with E-state index in [9.17, 15) is 23.4 Å². The average molecular weight is 445 g/mol. The molecule has 0 bridgehead atoms. The molecule has 2 heterocycles. The summed E-state index contributed by atoms with van der Waals surface area (Å²) in [5.74, 6) is 0.331. The summed E-state index contributed by atoms with van der Waals surface area (Å²) in [4.78, 5) is 4.22. The fourth-order valence-electron chi connectivity index (χ4n) is 5.27. The summed E-state index contributed by atoms with van der Waals surface area (Å²) in [7, 11) is 0. The van der Waals surface area contributed by atoms with Crippen LogP contribution in [0.4, 0.5) is 18.9 Å². The Kier molecular flexibility index (Phi) is 6.06. The number of hydrogen-bond donors (Lipinski definition) is 2. The Labute approximate surface area is 185 Å². The first-order valence-corrected chi connectivity index (χ1v) is 10.7. The largest absolute Gasteiger partial charge is 0.508 e. The average Bonchev–Trinajstić information content (AvgIpc) is 3.09. The first kappa shape index (κ1) is 22.4. The smallest absolute Gasteiger partial charge is 0.417 e. The van der Waals surface area contributed by atoms with Gasteiger partial charge in [0.05, 0.1) is 17.2 Å². The highest BCUT2D eigenvalue weighted by Crippen LogP contribution is 2.46. The van der Waals surface area contributed by atoms with Crippen LogP contribution in [0.2, 0.25) is 0 Å². The molecule has 5 nitrogen and oxygen atoms in total. The molecule has 170 valence electrons. The van der Waals surface area contributed by atoms with Crippen LogP contribution in [0.5, 0.6) is 5.75 Å². The van der Waals surface area contributed by atoms with E-state index in [1.807, 2.05) is 17.0 Å². The van der Waals surface area contributed by atoms with Gasteiger partial charge in [0.1, 0.15) is 5.75 Å². The number of rotatable bonds is 4. The van der Waals surface area contributed by atoms with E-state index in [0.717, 1.165) is 37.6 Å². The predicted octanol–water partition coefficient (Wildman–Crippen LogP) is 3.99. The molecule has 0 radical (unpaired) electrons. The standard InChI is InChI=1S/C24H26F3N3O2/c25-24(26,27)22-11-20(5-4-18(22)12-28)30-8-6-23(7-9-30)16-29(14-19(23)15-31)13-17-2-1-3-21(32)10-17/h1-5,10-11,19,31-32H,6-9,13-16H2. The molecule has 2 aliphatic heterocycles. The third kappa shape index (κ3) is 4.41. The Bertz CT molecular complexity index is 1010. The van der Waals surface area contributed by atoms with E-state index in [4.69, 9.17) is 5.26 Å². The minimum absolute atomic E-state index is 0.0750. The zero-order chi connectivity index (χ0) is 22.9. The number of alkyl halides is 3. The van der Waals surface area contributed by atoms with E-state index in [1.54, 1.807) is 24.3 Å². The zero-order valence-corrected chi connectivity index (χ0v) is 17.6. The Morgan fingerprint density at radius 1 is 1.12 bits per heavy atom. The first-order valence-electron chi connectivity index (χ1n) is 10.7. The van der Waals surface area contributed by atoms with E-state index in [0.29, 0.717) is 25.3 Å². The molecule has 2 saturated heterocycles. The van der Waals surface area contributed by atoms with Gasteiger partial charge in [-0.3, -0.25) is 4.90 Å². The first-order chi connectivity index (χ1) is 15.2. The number of piperidine rings is 1. The Hall–Kier alpha value is -2.76. The number of nitriles is 1. The van der Waals surface area contributed by atoms with Gasteiger partial charge in [-0.2, -0.15) is 18.4 Å². The van der Waals surface area contributed by atoms with E-state index < -0.39 is 11.7 Å². The van der Waals surface area contributed by atoms with E-state index in [1.165, 1.54) is 6.07 Å². The molecule has 0 saturated carbocycles. The van der Waals surface area contributed by atoms with Crippen molar-refractivity contribution >= 4 is 5.69 Å². The van der Waals surface area contributed by atoms with Crippen molar-refractivity contribution in [1.29, 1.82) is 5.26 Å². The molecule has 4 rings (SSSR count). The number of phenolic OH excluding ortho intramolecular Hbond substituents is 1. The number of benzene rings is 2. The summed E-state index contributed by atoms with van der Waals surface area (Å²) in [6.07, 6.45) is -3.02. The van der Waals surface area contributed by atoms with Gasteiger partial charge >= 0.3 is 6.18 Å². The topological polar surface area (TPSA) is 70.7 Å². The maximum atomic E-state index is 13.3. The molecule has 0 aromatic heterocycles. The van der Waals surface area contributed by atoms with Crippen LogP contribution in [0, 0.1) is 22.7 Å². The third-order valence-electron chi connectivity index (χ3n) is 6.97. The van der Waals surface area contributed by atoms with Crippen LogP contribution in [0.1, 0.15) is 29.5 Å². The Morgan fingerprint density at radius 3 is 2.50 bits per heavy atom. The number of halogens is 3. The minimum Gasteiger partial charge on any atom is -0.508 e. The molecule has 2 aromatic carbocycles. The molecule has 2 fully saturated rings. The van der Waals surface area contributed by atoms with Crippen LogP contribution >= 0.6 is 0 Å². The summed E-state index contributed by atoms with van der Waals surface area (Å²) in [5, 5.41) is 28.8. The molecule has 8 heteroatoms. The lowest BCUT2D eigenvalue weighted by Crippen LogP contribution is -2.45. The summed E-state index contributed by atoms with van der Waals surface area (Å²) < 4.78 is 40.0. The highest BCUT2D eigenvalue weighted by molar-refractivity contribution is 5.55. The maximum Gasteiger partial charge on any atom is 0.417 e. The lowest BCUT2D eigenvalue weighted by molar-refractivity contribution is -0.137. The van der Waals surface area contributed by atoms with Gasteiger partial charge in [-0.05, 0) is 54.2 Å². The monoisotopic (exact) mass is 445 g/mol. The molecule has 1 atom stereocenters. The number of phenols is 1. The van der Waals surface area contributed by atoms with Gasteiger partial charge < -0.3 is 15.1 Å². The van der Waals surface area contributed by atoms with Gasteiger partial charge in [-0.15, -0.1) is 0 Å². The highest BCUT2D eigenvalue weighted by atomic mass is 19.4. The second kappa shape index (κ2) is 8.64. The SMILES string of the molecule is N#Cc1ccc(N2CCC3(CC2)CN(Cc2cccc(O)c2)CC3CO)cc1C(F)(F)F. The molecular formula is C24H26F3N3O2. The normalized spacial score (nSPS) is 21.1. The summed E-state index contributed by atoms with van der Waals surface area (Å²) >= 11 is 0. The van der Waals surface area contributed by atoms with Gasteiger partial charge in [-0.1, -0.05) is 12.1 Å². The minimum atomic E-state index is -4.57. The number of likely N-dealkylation sites (tertiary alicyclic amines) is 1. The predicted molar refractivity (Wildman–Crippen MR) is 114 cm³/mol. The second-order valence-corrected chi connectivity index (χ2v) is 8.91. The Balaban J connectivity index is 1.47. The number of aliphatic hydroxyl groups excluding tert-OH is 1. The van der Waals surface area contributed by atoms with Crippen molar-refractivity contribution in [3.8, 4) is 11.8 Å². The third-order valence-corrected chi connectivity index (χ3v) is 6.97. The van der Waals surface area contributed by atoms with Crippen LogP contribution < -0.4 is 4.90 Å². The zero-order valence-electron chi connectivity index (χ0n) is 17.6. The quantitative estimate of drug-likeness (QED) is 0.745. The van der Waals surface area contributed by atoms with Gasteiger partial charge in [-0.25, -0.2) is 0 Å². The van der Waals surface area contributed by atoms with Gasteiger partial charge in [0.2, 0.25) is 0 Å². The van der Waals surface area contributed by atoms with Crippen molar-refractivity contribution in [3.63, 3.8) is 0 Å². The number of anilines is 1. The molecule has 1 unspecified atom stereocenters. The number of nitrogens with zero attached hydrogens (tertiary/aromatic N) is 3. The lowest BCUT2D eigenvalue weighted by Gasteiger charge is -2.43. The van der Waals surface area contributed by atoms with Crippen LogP contribution in [-0.2, 0) is 12.7 Å². The van der Waals surface area contributed by atoms with Crippen molar-refractivity contribution in [3.05, 3.63) is 59.2 Å². The van der Waals surface area contributed by atoms with Crippen molar-refractivity contribution in [2.24, 2.45) is 11.3 Å². The van der Waals surface area contributed by atoms with Crippen LogP contribution in [0.15, 0.2) is 42.5 Å². The van der Waals surface area contributed by atoms with Crippen LogP contribution in [0.25, 0.3) is 0 Å². The second-order valence-electron chi connectivity index (χ2n) is 8.91. The van der Waals surface area contributed by atoms with Crippen molar-refractivity contribution < 1.29 is 23.4 Å². The number of aliphatic hydroxyl groups is 1.